The van der Waals surface area contributed by atoms with E-state index in [4.69, 9.17) is 9.15 Å². The number of hydrogen-bond acceptors (Lipinski definition) is 5. The van der Waals surface area contributed by atoms with Gasteiger partial charge >= 0.3 is 0 Å². The summed E-state index contributed by atoms with van der Waals surface area (Å²) in [6.45, 7) is 9.14. The largest absolute Gasteiger partial charge is 0.465 e. The first-order chi connectivity index (χ1) is 14.7. The average molecular weight is 416 g/mol. The van der Waals surface area contributed by atoms with Gasteiger partial charge in [0.25, 0.3) is 0 Å². The predicted molar refractivity (Wildman–Crippen MR) is 118 cm³/mol. The van der Waals surface area contributed by atoms with E-state index in [1.165, 1.54) is 18.4 Å². The summed E-state index contributed by atoms with van der Waals surface area (Å²) < 4.78 is 11.0. The number of furan rings is 1. The lowest BCUT2D eigenvalue weighted by molar-refractivity contribution is -0.127. The highest BCUT2D eigenvalue weighted by atomic mass is 16.5. The SMILES string of the molecule is C/C(=C\c1ccco1)CN1CCC(N2CCC(C(=O)NCC3CCCO3)CC2)CC1. The topological polar surface area (TPSA) is 58.0 Å². The molecule has 3 saturated heterocycles. The van der Waals surface area contributed by atoms with Gasteiger partial charge in [0, 0.05) is 31.7 Å². The van der Waals surface area contributed by atoms with Crippen LogP contribution in [0.15, 0.2) is 28.4 Å². The van der Waals surface area contributed by atoms with E-state index in [2.05, 4.69) is 28.1 Å². The van der Waals surface area contributed by atoms with Crippen LogP contribution < -0.4 is 5.32 Å². The normalized spacial score (nSPS) is 25.6. The summed E-state index contributed by atoms with van der Waals surface area (Å²) in [6.07, 6.45) is 10.7. The van der Waals surface area contributed by atoms with Crippen molar-refractivity contribution in [3.63, 3.8) is 0 Å². The highest BCUT2D eigenvalue weighted by molar-refractivity contribution is 5.78. The van der Waals surface area contributed by atoms with Crippen LogP contribution in [0.25, 0.3) is 6.08 Å². The molecule has 0 saturated carbocycles. The number of piperidine rings is 2. The summed E-state index contributed by atoms with van der Waals surface area (Å²) in [5.74, 6) is 1.35. The lowest BCUT2D eigenvalue weighted by Crippen LogP contribution is -2.49. The Labute approximate surface area is 180 Å². The van der Waals surface area contributed by atoms with Crippen molar-refractivity contribution >= 4 is 12.0 Å². The van der Waals surface area contributed by atoms with E-state index in [-0.39, 0.29) is 17.9 Å². The molecule has 3 fully saturated rings. The van der Waals surface area contributed by atoms with E-state index >= 15 is 0 Å². The Bertz CT molecular complexity index is 681. The van der Waals surface area contributed by atoms with Crippen LogP contribution in [0.4, 0.5) is 0 Å². The van der Waals surface area contributed by atoms with Crippen LogP contribution in [0.3, 0.4) is 0 Å². The van der Waals surface area contributed by atoms with Gasteiger partial charge in [-0.15, -0.1) is 0 Å². The van der Waals surface area contributed by atoms with Crippen molar-refractivity contribution in [3.05, 3.63) is 29.7 Å². The Morgan fingerprint density at radius 1 is 1.17 bits per heavy atom. The molecule has 166 valence electrons. The zero-order chi connectivity index (χ0) is 20.8. The number of ether oxygens (including phenoxy) is 1. The first-order valence-electron chi connectivity index (χ1n) is 11.7. The minimum absolute atomic E-state index is 0.178. The maximum atomic E-state index is 12.5. The molecule has 1 atom stereocenters. The van der Waals surface area contributed by atoms with Gasteiger partial charge < -0.3 is 19.4 Å². The third kappa shape index (κ3) is 5.96. The number of hydrogen-bond donors (Lipinski definition) is 1. The lowest BCUT2D eigenvalue weighted by Gasteiger charge is -2.41. The number of amides is 1. The minimum atomic E-state index is 0.178. The summed E-state index contributed by atoms with van der Waals surface area (Å²) in [4.78, 5) is 17.7. The molecule has 3 aliphatic rings. The van der Waals surface area contributed by atoms with Crippen LogP contribution in [0.1, 0.15) is 51.2 Å². The molecule has 6 heteroatoms. The second-order valence-corrected chi connectivity index (χ2v) is 9.20. The van der Waals surface area contributed by atoms with Gasteiger partial charge in [-0.3, -0.25) is 9.69 Å². The van der Waals surface area contributed by atoms with Gasteiger partial charge in [0.2, 0.25) is 5.91 Å². The quantitative estimate of drug-likeness (QED) is 0.741. The highest BCUT2D eigenvalue weighted by Crippen LogP contribution is 2.25. The average Bonchev–Trinajstić information content (AvgIpc) is 3.47. The van der Waals surface area contributed by atoms with E-state index in [1.807, 2.05) is 12.1 Å². The van der Waals surface area contributed by atoms with Crippen molar-refractivity contribution in [3.8, 4) is 0 Å². The molecule has 6 nitrogen and oxygen atoms in total. The molecule has 0 aliphatic carbocycles. The van der Waals surface area contributed by atoms with Gasteiger partial charge in [-0.05, 0) is 89.8 Å². The van der Waals surface area contributed by atoms with Crippen molar-refractivity contribution in [1.82, 2.24) is 15.1 Å². The van der Waals surface area contributed by atoms with Crippen molar-refractivity contribution in [2.45, 2.75) is 57.6 Å². The van der Waals surface area contributed by atoms with Gasteiger partial charge in [0.15, 0.2) is 0 Å². The first kappa shape index (κ1) is 21.6. The lowest BCUT2D eigenvalue weighted by atomic mass is 9.92. The van der Waals surface area contributed by atoms with Crippen LogP contribution in [-0.2, 0) is 9.53 Å². The Morgan fingerprint density at radius 2 is 1.97 bits per heavy atom. The number of rotatable bonds is 7. The second-order valence-electron chi connectivity index (χ2n) is 9.20. The molecule has 1 aromatic rings. The molecule has 0 spiro atoms. The maximum absolute atomic E-state index is 12.5. The molecule has 0 radical (unpaired) electrons. The van der Waals surface area contributed by atoms with Crippen LogP contribution in [0, 0.1) is 5.92 Å². The summed E-state index contributed by atoms with van der Waals surface area (Å²) >= 11 is 0. The Morgan fingerprint density at radius 3 is 2.63 bits per heavy atom. The molecule has 1 aromatic heterocycles. The van der Waals surface area contributed by atoms with E-state index in [0.29, 0.717) is 12.6 Å². The van der Waals surface area contributed by atoms with Crippen molar-refractivity contribution in [2.24, 2.45) is 5.92 Å². The zero-order valence-corrected chi connectivity index (χ0v) is 18.4. The van der Waals surface area contributed by atoms with Gasteiger partial charge in [0.05, 0.1) is 12.4 Å². The number of nitrogens with zero attached hydrogens (tertiary/aromatic N) is 2. The van der Waals surface area contributed by atoms with Gasteiger partial charge in [-0.1, -0.05) is 5.57 Å². The fourth-order valence-electron chi connectivity index (χ4n) is 5.15. The third-order valence-corrected chi connectivity index (χ3v) is 6.91. The molecule has 1 amide bonds. The summed E-state index contributed by atoms with van der Waals surface area (Å²) in [7, 11) is 0. The molecule has 1 unspecified atom stereocenters. The van der Waals surface area contributed by atoms with Crippen molar-refractivity contribution < 1.29 is 13.9 Å². The molecule has 30 heavy (non-hydrogen) atoms. The van der Waals surface area contributed by atoms with Crippen LogP contribution >= 0.6 is 0 Å². The Kier molecular flexibility index (Phi) is 7.63. The monoisotopic (exact) mass is 415 g/mol. The van der Waals surface area contributed by atoms with Crippen molar-refractivity contribution in [2.75, 3.05) is 45.9 Å². The summed E-state index contributed by atoms with van der Waals surface area (Å²) in [5.41, 5.74) is 1.35. The van der Waals surface area contributed by atoms with Gasteiger partial charge in [-0.25, -0.2) is 0 Å². The molecule has 0 bridgehead atoms. The minimum Gasteiger partial charge on any atom is -0.465 e. The molecule has 0 aromatic carbocycles. The number of likely N-dealkylation sites (tertiary alicyclic amines) is 2. The molecular weight excluding hydrogens is 378 g/mol. The van der Waals surface area contributed by atoms with E-state index in [0.717, 1.165) is 70.8 Å². The Hall–Kier alpha value is -1.63. The summed E-state index contributed by atoms with van der Waals surface area (Å²) in [6, 6.07) is 4.61. The van der Waals surface area contributed by atoms with Crippen LogP contribution in [-0.4, -0.2) is 73.7 Å². The van der Waals surface area contributed by atoms with E-state index < -0.39 is 0 Å². The van der Waals surface area contributed by atoms with Gasteiger partial charge in [-0.2, -0.15) is 0 Å². The molecule has 4 heterocycles. The first-order valence-corrected chi connectivity index (χ1v) is 11.7. The van der Waals surface area contributed by atoms with E-state index in [9.17, 15) is 4.79 Å². The van der Waals surface area contributed by atoms with Crippen LogP contribution in [0.2, 0.25) is 0 Å². The molecule has 4 rings (SSSR count). The maximum Gasteiger partial charge on any atom is 0.223 e. The van der Waals surface area contributed by atoms with Crippen molar-refractivity contribution in [1.29, 1.82) is 0 Å². The third-order valence-electron chi connectivity index (χ3n) is 6.91. The number of carbonyl (C=O) groups excluding carboxylic acids is 1. The zero-order valence-electron chi connectivity index (χ0n) is 18.4. The fourth-order valence-corrected chi connectivity index (χ4v) is 5.15. The highest BCUT2D eigenvalue weighted by Gasteiger charge is 2.31. The standard InChI is InChI=1S/C24H37N3O3/c1-19(16-22-4-2-14-29-22)18-26-10-8-21(9-11-26)27-12-6-20(7-13-27)24(28)25-17-23-5-3-15-30-23/h2,4,14,16,20-21,23H,3,5-13,15,17-18H2,1H3,(H,25,28)/b19-16+. The van der Waals surface area contributed by atoms with Crippen LogP contribution in [0.5, 0.6) is 0 Å². The fraction of sp³-hybridized carbons (Fsp3) is 0.708. The van der Waals surface area contributed by atoms with Gasteiger partial charge in [0.1, 0.15) is 5.76 Å². The summed E-state index contributed by atoms with van der Waals surface area (Å²) in [5, 5.41) is 3.13. The van der Waals surface area contributed by atoms with E-state index in [1.54, 1.807) is 6.26 Å². The number of carbonyl (C=O) groups is 1. The molecule has 3 aliphatic heterocycles. The number of nitrogens with one attached hydrogen (secondary N) is 1. The smallest absolute Gasteiger partial charge is 0.223 e. The predicted octanol–water partition coefficient (Wildman–Crippen LogP) is 3.15. The molecule has 1 N–H and O–H groups in total. The Balaban J connectivity index is 1.14. The second kappa shape index (κ2) is 10.6. The molecular formula is C24H37N3O3.